The van der Waals surface area contributed by atoms with Crippen molar-refractivity contribution in [3.05, 3.63) is 28.8 Å². The number of nitrogens with two attached hydrogens (primary N) is 1. The second kappa shape index (κ2) is 5.61. The Hall–Kier alpha value is -1.55. The molecular formula is C15H21NO3. The van der Waals surface area contributed by atoms with E-state index in [0.29, 0.717) is 12.5 Å². The third-order valence-corrected chi connectivity index (χ3v) is 3.40. The van der Waals surface area contributed by atoms with Crippen LogP contribution < -0.4 is 10.5 Å². The Bertz CT molecular complexity index is 481. The van der Waals surface area contributed by atoms with E-state index in [4.69, 9.17) is 15.6 Å². The van der Waals surface area contributed by atoms with Crippen LogP contribution in [0.2, 0.25) is 0 Å². The van der Waals surface area contributed by atoms with Gasteiger partial charge in [-0.2, -0.15) is 0 Å². The van der Waals surface area contributed by atoms with E-state index in [1.54, 1.807) is 0 Å². The molecule has 0 radical (unpaired) electrons. The molecule has 0 spiro atoms. The number of carboxylic acid groups (broad SMARTS) is 1. The average Bonchev–Trinajstić information content (AvgIpc) is 3.09. The highest BCUT2D eigenvalue weighted by Crippen LogP contribution is 2.34. The lowest BCUT2D eigenvalue weighted by Crippen LogP contribution is -2.17. The summed E-state index contributed by atoms with van der Waals surface area (Å²) in [6, 6.07) is 3.45. The number of carbonyl (C=O) groups is 1. The van der Waals surface area contributed by atoms with Crippen molar-refractivity contribution in [2.75, 3.05) is 6.61 Å². The minimum absolute atomic E-state index is 0.0807. The Morgan fingerprint density at radius 3 is 2.74 bits per heavy atom. The molecule has 0 bridgehead atoms. The topological polar surface area (TPSA) is 72.5 Å². The predicted molar refractivity (Wildman–Crippen MR) is 73.3 cm³/mol. The maximum absolute atomic E-state index is 10.8. The molecule has 104 valence electrons. The van der Waals surface area contributed by atoms with Crippen LogP contribution in [-0.2, 0) is 4.79 Å². The molecule has 19 heavy (non-hydrogen) atoms. The zero-order valence-corrected chi connectivity index (χ0v) is 11.5. The van der Waals surface area contributed by atoms with Crippen LogP contribution in [0, 0.1) is 19.8 Å². The first-order valence-electron chi connectivity index (χ1n) is 6.68. The number of ether oxygens (including phenoxy) is 1. The summed E-state index contributed by atoms with van der Waals surface area (Å²) in [5, 5.41) is 8.88. The Balaban J connectivity index is 2.23. The lowest BCUT2D eigenvalue weighted by molar-refractivity contribution is -0.137. The quantitative estimate of drug-likeness (QED) is 0.827. The summed E-state index contributed by atoms with van der Waals surface area (Å²) >= 11 is 0. The molecule has 0 aliphatic heterocycles. The molecule has 0 saturated heterocycles. The standard InChI is InChI=1S/C15H21NO3/c1-9-5-10(2)15(19-8-11-3-4-11)12(6-9)13(16)7-14(17)18/h5-6,11,13H,3-4,7-8,16H2,1-2H3,(H,17,18). The fraction of sp³-hybridized carbons (Fsp3) is 0.533. The lowest BCUT2D eigenvalue weighted by Gasteiger charge is -2.19. The fourth-order valence-electron chi connectivity index (χ4n) is 2.24. The van der Waals surface area contributed by atoms with Gasteiger partial charge in [0.05, 0.1) is 13.0 Å². The molecule has 1 aliphatic carbocycles. The van der Waals surface area contributed by atoms with Gasteiger partial charge in [0.1, 0.15) is 5.75 Å². The van der Waals surface area contributed by atoms with Crippen molar-refractivity contribution in [3.8, 4) is 5.75 Å². The summed E-state index contributed by atoms with van der Waals surface area (Å²) in [6.07, 6.45) is 2.37. The van der Waals surface area contributed by atoms with Gasteiger partial charge in [0.25, 0.3) is 0 Å². The summed E-state index contributed by atoms with van der Waals surface area (Å²) < 4.78 is 5.88. The van der Waals surface area contributed by atoms with Gasteiger partial charge < -0.3 is 15.6 Å². The largest absolute Gasteiger partial charge is 0.493 e. The van der Waals surface area contributed by atoms with Gasteiger partial charge in [-0.25, -0.2) is 0 Å². The minimum Gasteiger partial charge on any atom is -0.493 e. The molecule has 0 heterocycles. The maximum Gasteiger partial charge on any atom is 0.305 e. The maximum atomic E-state index is 10.8. The molecule has 4 heteroatoms. The van der Waals surface area contributed by atoms with Crippen LogP contribution in [-0.4, -0.2) is 17.7 Å². The third kappa shape index (κ3) is 3.70. The molecule has 4 nitrogen and oxygen atoms in total. The first-order chi connectivity index (χ1) is 8.97. The van der Waals surface area contributed by atoms with Gasteiger partial charge in [-0.05, 0) is 38.2 Å². The number of rotatable bonds is 6. The molecule has 1 aromatic carbocycles. The van der Waals surface area contributed by atoms with Crippen LogP contribution >= 0.6 is 0 Å². The molecule has 1 aromatic rings. The zero-order valence-electron chi connectivity index (χ0n) is 11.5. The first-order valence-corrected chi connectivity index (χ1v) is 6.68. The minimum atomic E-state index is -0.889. The fourth-order valence-corrected chi connectivity index (χ4v) is 2.24. The Morgan fingerprint density at radius 2 is 2.16 bits per heavy atom. The summed E-state index contributed by atoms with van der Waals surface area (Å²) in [5.41, 5.74) is 8.90. The smallest absolute Gasteiger partial charge is 0.305 e. The van der Waals surface area contributed by atoms with Gasteiger partial charge in [-0.15, -0.1) is 0 Å². The molecular weight excluding hydrogens is 242 g/mol. The van der Waals surface area contributed by atoms with Crippen LogP contribution in [0.25, 0.3) is 0 Å². The number of hydrogen-bond acceptors (Lipinski definition) is 3. The van der Waals surface area contributed by atoms with E-state index in [1.165, 1.54) is 12.8 Å². The highest BCUT2D eigenvalue weighted by Gasteiger charge is 2.24. The highest BCUT2D eigenvalue weighted by atomic mass is 16.5. The Kier molecular flexibility index (Phi) is 4.10. The van der Waals surface area contributed by atoms with Crippen LogP contribution in [0.3, 0.4) is 0 Å². The molecule has 1 aliphatic rings. The number of benzene rings is 1. The van der Waals surface area contributed by atoms with Gasteiger partial charge in [-0.1, -0.05) is 17.7 Å². The summed E-state index contributed by atoms with van der Waals surface area (Å²) in [7, 11) is 0. The highest BCUT2D eigenvalue weighted by molar-refractivity contribution is 5.68. The Labute approximate surface area is 113 Å². The van der Waals surface area contributed by atoms with E-state index in [2.05, 4.69) is 0 Å². The van der Waals surface area contributed by atoms with Crippen molar-refractivity contribution in [1.29, 1.82) is 0 Å². The van der Waals surface area contributed by atoms with Crippen molar-refractivity contribution in [3.63, 3.8) is 0 Å². The van der Waals surface area contributed by atoms with Gasteiger partial charge in [0.15, 0.2) is 0 Å². The van der Waals surface area contributed by atoms with Crippen LogP contribution in [0.1, 0.15) is 42.0 Å². The molecule has 2 rings (SSSR count). The van der Waals surface area contributed by atoms with Gasteiger partial charge in [-0.3, -0.25) is 4.79 Å². The molecule has 1 fully saturated rings. The van der Waals surface area contributed by atoms with Crippen molar-refractivity contribution >= 4 is 5.97 Å². The number of carboxylic acids is 1. The van der Waals surface area contributed by atoms with Gasteiger partial charge in [0.2, 0.25) is 0 Å². The van der Waals surface area contributed by atoms with E-state index >= 15 is 0 Å². The normalized spacial score (nSPS) is 16.2. The van der Waals surface area contributed by atoms with E-state index in [1.807, 2.05) is 26.0 Å². The van der Waals surface area contributed by atoms with Crippen molar-refractivity contribution in [1.82, 2.24) is 0 Å². The molecule has 1 unspecified atom stereocenters. The van der Waals surface area contributed by atoms with Crippen molar-refractivity contribution in [2.24, 2.45) is 11.7 Å². The average molecular weight is 263 g/mol. The van der Waals surface area contributed by atoms with E-state index < -0.39 is 12.0 Å². The molecule has 0 amide bonds. The van der Waals surface area contributed by atoms with E-state index in [9.17, 15) is 4.79 Å². The molecule has 1 saturated carbocycles. The monoisotopic (exact) mass is 263 g/mol. The van der Waals surface area contributed by atoms with E-state index in [-0.39, 0.29) is 6.42 Å². The van der Waals surface area contributed by atoms with Gasteiger partial charge in [0, 0.05) is 11.6 Å². The number of hydrogen-bond donors (Lipinski definition) is 2. The first kappa shape index (κ1) is 13.9. The summed E-state index contributed by atoms with van der Waals surface area (Å²) in [6.45, 7) is 4.66. The third-order valence-electron chi connectivity index (χ3n) is 3.40. The van der Waals surface area contributed by atoms with Crippen LogP contribution in [0.5, 0.6) is 5.75 Å². The summed E-state index contributed by atoms with van der Waals surface area (Å²) in [5.74, 6) is 0.537. The Morgan fingerprint density at radius 1 is 1.47 bits per heavy atom. The summed E-state index contributed by atoms with van der Waals surface area (Å²) in [4.78, 5) is 10.8. The molecule has 1 atom stereocenters. The molecule has 3 N–H and O–H groups in total. The van der Waals surface area contributed by atoms with Crippen molar-refractivity contribution < 1.29 is 14.6 Å². The van der Waals surface area contributed by atoms with E-state index in [0.717, 1.165) is 22.4 Å². The second-order valence-electron chi connectivity index (χ2n) is 5.46. The van der Waals surface area contributed by atoms with Crippen LogP contribution in [0.4, 0.5) is 0 Å². The number of aryl methyl sites for hydroxylation is 2. The number of aliphatic carboxylic acids is 1. The van der Waals surface area contributed by atoms with Crippen molar-refractivity contribution in [2.45, 2.75) is 39.2 Å². The van der Waals surface area contributed by atoms with Crippen LogP contribution in [0.15, 0.2) is 12.1 Å². The second-order valence-corrected chi connectivity index (χ2v) is 5.46. The lowest BCUT2D eigenvalue weighted by atomic mass is 9.98. The van der Waals surface area contributed by atoms with Gasteiger partial charge >= 0.3 is 5.97 Å². The molecule has 0 aromatic heterocycles. The SMILES string of the molecule is Cc1cc(C)c(OCC2CC2)c(C(N)CC(=O)O)c1. The predicted octanol–water partition coefficient (Wildman–Crippen LogP) is 2.57. The zero-order chi connectivity index (χ0) is 14.0.